The largest absolute Gasteiger partial charge is 0.493 e. The Bertz CT molecular complexity index is 1100. The Kier molecular flexibility index (Phi) is 7.30. The summed E-state index contributed by atoms with van der Waals surface area (Å²) in [5.74, 6) is -0.528. The third-order valence-electron chi connectivity index (χ3n) is 5.13. The van der Waals surface area contributed by atoms with Gasteiger partial charge in [0.1, 0.15) is 17.0 Å². The topological polar surface area (TPSA) is 79.7 Å². The van der Waals surface area contributed by atoms with E-state index in [9.17, 15) is 9.59 Å². The summed E-state index contributed by atoms with van der Waals surface area (Å²) < 4.78 is 17.4. The zero-order valence-electron chi connectivity index (χ0n) is 19.1. The number of rotatable bonds is 8. The first kappa shape index (κ1) is 23.1. The first-order valence-corrected chi connectivity index (χ1v) is 10.5. The maximum absolute atomic E-state index is 12.8. The maximum Gasteiger partial charge on any atom is 0.357 e. The molecule has 1 aromatic heterocycles. The molecule has 3 rings (SSSR count). The zero-order chi connectivity index (χ0) is 23.3. The number of aromatic nitrogens is 2. The van der Waals surface area contributed by atoms with Crippen LogP contribution in [0.15, 0.2) is 42.5 Å². The molecule has 0 aliphatic heterocycles. The Labute approximate surface area is 187 Å². The van der Waals surface area contributed by atoms with Crippen molar-refractivity contribution < 1.29 is 23.8 Å². The molecule has 0 amide bonds. The highest BCUT2D eigenvalue weighted by atomic mass is 16.5. The molecule has 0 atom stereocenters. The molecule has 7 heteroatoms. The molecule has 0 saturated carbocycles. The first-order chi connectivity index (χ1) is 15.4. The summed E-state index contributed by atoms with van der Waals surface area (Å²) in [5, 5.41) is 4.65. The monoisotopic (exact) mass is 436 g/mol. The minimum absolute atomic E-state index is 0.0131. The van der Waals surface area contributed by atoms with Crippen LogP contribution in [0, 0.1) is 13.8 Å². The molecule has 3 aromatic rings. The van der Waals surface area contributed by atoms with Crippen molar-refractivity contribution >= 4 is 11.9 Å². The van der Waals surface area contributed by atoms with Crippen LogP contribution >= 0.6 is 0 Å². The van der Waals surface area contributed by atoms with Gasteiger partial charge in [0.2, 0.25) is 0 Å². The average molecular weight is 437 g/mol. The normalized spacial score (nSPS) is 10.7. The zero-order valence-corrected chi connectivity index (χ0v) is 19.1. The molecule has 0 aliphatic rings. The van der Waals surface area contributed by atoms with Crippen LogP contribution in [0.4, 0.5) is 0 Å². The number of para-hydroxylation sites is 1. The quantitative estimate of drug-likeness (QED) is 0.369. The second-order valence-electron chi connectivity index (χ2n) is 7.44. The number of ether oxygens (including phenoxy) is 3. The third kappa shape index (κ3) is 4.51. The van der Waals surface area contributed by atoms with Gasteiger partial charge in [-0.1, -0.05) is 31.5 Å². The van der Waals surface area contributed by atoms with Gasteiger partial charge >= 0.3 is 11.9 Å². The molecule has 2 aromatic carbocycles. The van der Waals surface area contributed by atoms with Crippen molar-refractivity contribution in [3.8, 4) is 22.7 Å². The van der Waals surface area contributed by atoms with Gasteiger partial charge in [-0.05, 0) is 55.7 Å². The van der Waals surface area contributed by atoms with Crippen molar-refractivity contribution in [2.45, 2.75) is 33.6 Å². The number of esters is 2. The van der Waals surface area contributed by atoms with E-state index >= 15 is 0 Å². The van der Waals surface area contributed by atoms with Gasteiger partial charge in [0, 0.05) is 5.56 Å². The lowest BCUT2D eigenvalue weighted by atomic mass is 10.00. The highest BCUT2D eigenvalue weighted by molar-refractivity contribution is 6.06. The van der Waals surface area contributed by atoms with E-state index < -0.39 is 11.9 Å². The SMILES string of the molecule is CCCCOc1c(C)cc(-c2nn(-c3ccccc3)c(C(=O)OC)c2C(=O)OC)cc1C. The lowest BCUT2D eigenvalue weighted by Crippen LogP contribution is -2.15. The molecule has 32 heavy (non-hydrogen) atoms. The Balaban J connectivity index is 2.23. The minimum Gasteiger partial charge on any atom is -0.493 e. The van der Waals surface area contributed by atoms with Gasteiger partial charge in [-0.15, -0.1) is 0 Å². The standard InChI is InChI=1S/C25H28N2O5/c1-6-7-13-32-23-16(2)14-18(15-17(23)3)21-20(24(28)30-4)22(25(29)31-5)27(26-21)19-11-9-8-10-12-19/h8-12,14-15H,6-7,13H2,1-5H3. The van der Waals surface area contributed by atoms with Gasteiger partial charge in [0.25, 0.3) is 0 Å². The first-order valence-electron chi connectivity index (χ1n) is 10.5. The van der Waals surface area contributed by atoms with Crippen LogP contribution in [-0.2, 0) is 9.47 Å². The summed E-state index contributed by atoms with van der Waals surface area (Å²) >= 11 is 0. The second kappa shape index (κ2) is 10.1. The Morgan fingerprint density at radius 1 is 0.969 bits per heavy atom. The van der Waals surface area contributed by atoms with Crippen LogP contribution in [0.5, 0.6) is 5.75 Å². The van der Waals surface area contributed by atoms with E-state index in [1.165, 1.54) is 18.9 Å². The minimum atomic E-state index is -0.680. The van der Waals surface area contributed by atoms with Crippen molar-refractivity contribution in [1.29, 1.82) is 0 Å². The Morgan fingerprint density at radius 2 is 1.59 bits per heavy atom. The lowest BCUT2D eigenvalue weighted by molar-refractivity contribution is 0.0549. The fourth-order valence-electron chi connectivity index (χ4n) is 3.59. The Morgan fingerprint density at radius 3 is 2.16 bits per heavy atom. The van der Waals surface area contributed by atoms with E-state index in [1.54, 1.807) is 12.1 Å². The third-order valence-corrected chi connectivity index (χ3v) is 5.13. The molecule has 7 nitrogen and oxygen atoms in total. The molecule has 0 spiro atoms. The predicted molar refractivity (Wildman–Crippen MR) is 122 cm³/mol. The lowest BCUT2D eigenvalue weighted by Gasteiger charge is -2.14. The fourth-order valence-corrected chi connectivity index (χ4v) is 3.59. The molecule has 1 heterocycles. The van der Waals surface area contributed by atoms with Gasteiger partial charge < -0.3 is 14.2 Å². The van der Waals surface area contributed by atoms with Crippen LogP contribution in [0.2, 0.25) is 0 Å². The number of methoxy groups -OCH3 is 2. The van der Waals surface area contributed by atoms with Crippen LogP contribution in [0.25, 0.3) is 16.9 Å². The number of unbranched alkanes of at least 4 members (excludes halogenated alkanes) is 1. The van der Waals surface area contributed by atoms with E-state index in [-0.39, 0.29) is 11.3 Å². The molecule has 0 aliphatic carbocycles. The van der Waals surface area contributed by atoms with E-state index in [0.717, 1.165) is 29.7 Å². The molecule has 0 N–H and O–H groups in total. The maximum atomic E-state index is 12.8. The van der Waals surface area contributed by atoms with E-state index in [0.29, 0.717) is 23.6 Å². The summed E-state index contributed by atoms with van der Waals surface area (Å²) in [5.41, 5.74) is 3.55. The summed E-state index contributed by atoms with van der Waals surface area (Å²) in [7, 11) is 2.54. The van der Waals surface area contributed by atoms with Crippen LogP contribution in [0.3, 0.4) is 0 Å². The van der Waals surface area contributed by atoms with E-state index in [1.807, 2.05) is 44.2 Å². The average Bonchev–Trinajstić information content (AvgIpc) is 3.21. The molecule has 0 radical (unpaired) electrons. The fraction of sp³-hybridized carbons (Fsp3) is 0.320. The number of nitrogens with zero attached hydrogens (tertiary/aromatic N) is 2. The second-order valence-corrected chi connectivity index (χ2v) is 7.44. The van der Waals surface area contributed by atoms with Gasteiger partial charge in [-0.3, -0.25) is 0 Å². The molecule has 0 unspecified atom stereocenters. The molecule has 0 saturated heterocycles. The van der Waals surface area contributed by atoms with Gasteiger partial charge in [0.05, 0.1) is 26.5 Å². The van der Waals surface area contributed by atoms with Crippen LogP contribution in [0.1, 0.15) is 51.7 Å². The van der Waals surface area contributed by atoms with Crippen LogP contribution in [-0.4, -0.2) is 42.5 Å². The van der Waals surface area contributed by atoms with Gasteiger partial charge in [0.15, 0.2) is 5.69 Å². The molecule has 0 bridgehead atoms. The summed E-state index contributed by atoms with van der Waals surface area (Å²) in [4.78, 5) is 25.5. The molecular weight excluding hydrogens is 408 g/mol. The number of aryl methyl sites for hydroxylation is 2. The smallest absolute Gasteiger partial charge is 0.357 e. The molecular formula is C25H28N2O5. The van der Waals surface area contributed by atoms with Crippen molar-refractivity contribution in [2.24, 2.45) is 0 Å². The van der Waals surface area contributed by atoms with E-state index in [2.05, 4.69) is 12.0 Å². The van der Waals surface area contributed by atoms with Gasteiger partial charge in [-0.2, -0.15) is 5.10 Å². The number of carbonyl (C=O) groups is 2. The van der Waals surface area contributed by atoms with Gasteiger partial charge in [-0.25, -0.2) is 14.3 Å². The van der Waals surface area contributed by atoms with Crippen molar-refractivity contribution in [3.05, 3.63) is 64.8 Å². The number of hydrogen-bond acceptors (Lipinski definition) is 6. The summed E-state index contributed by atoms with van der Waals surface area (Å²) in [6.45, 7) is 6.65. The van der Waals surface area contributed by atoms with Crippen LogP contribution < -0.4 is 4.74 Å². The number of carbonyl (C=O) groups excluding carboxylic acids is 2. The highest BCUT2D eigenvalue weighted by Crippen LogP contribution is 2.34. The summed E-state index contributed by atoms with van der Waals surface area (Å²) in [6.07, 6.45) is 2.02. The summed E-state index contributed by atoms with van der Waals surface area (Å²) in [6, 6.07) is 12.9. The van der Waals surface area contributed by atoms with Crippen molar-refractivity contribution in [3.63, 3.8) is 0 Å². The van der Waals surface area contributed by atoms with E-state index in [4.69, 9.17) is 14.2 Å². The number of benzene rings is 2. The Hall–Kier alpha value is -3.61. The molecule has 0 fully saturated rings. The predicted octanol–water partition coefficient (Wildman–Crippen LogP) is 4.91. The number of hydrogen-bond donors (Lipinski definition) is 0. The van der Waals surface area contributed by atoms with Crippen molar-refractivity contribution in [1.82, 2.24) is 9.78 Å². The highest BCUT2D eigenvalue weighted by Gasteiger charge is 2.31. The molecule has 168 valence electrons. The van der Waals surface area contributed by atoms with Crippen molar-refractivity contribution in [2.75, 3.05) is 20.8 Å².